The van der Waals surface area contributed by atoms with Crippen LogP contribution in [0, 0.1) is 6.92 Å². The lowest BCUT2D eigenvalue weighted by atomic mass is 10.2. The van der Waals surface area contributed by atoms with E-state index >= 15 is 0 Å². The molecule has 6 heteroatoms. The molecule has 2 rings (SSSR count). The van der Waals surface area contributed by atoms with Crippen molar-refractivity contribution in [3.63, 3.8) is 0 Å². The van der Waals surface area contributed by atoms with Crippen LogP contribution in [0.2, 0.25) is 0 Å². The molecule has 0 bridgehead atoms. The predicted octanol–water partition coefficient (Wildman–Crippen LogP) is 4.10. The van der Waals surface area contributed by atoms with E-state index in [0.717, 1.165) is 10.0 Å². The number of hydrogen-bond donors (Lipinski definition) is 3. The van der Waals surface area contributed by atoms with E-state index in [1.54, 1.807) is 18.2 Å². The van der Waals surface area contributed by atoms with Crippen molar-refractivity contribution >= 4 is 39.3 Å². The summed E-state index contributed by atoms with van der Waals surface area (Å²) in [6.07, 6.45) is 0. The SMILES string of the molecule is Cc1ccc(Br)cc1NC(=O)Nc1ccccc1C(=O)O. The lowest BCUT2D eigenvalue weighted by Crippen LogP contribution is -2.21. The summed E-state index contributed by atoms with van der Waals surface area (Å²) < 4.78 is 0.842. The molecule has 5 nitrogen and oxygen atoms in total. The van der Waals surface area contributed by atoms with Crippen LogP contribution in [0.15, 0.2) is 46.9 Å². The maximum absolute atomic E-state index is 12.0. The molecule has 0 aliphatic rings. The van der Waals surface area contributed by atoms with Gasteiger partial charge in [-0.2, -0.15) is 0 Å². The summed E-state index contributed by atoms with van der Waals surface area (Å²) in [4.78, 5) is 23.1. The van der Waals surface area contributed by atoms with Gasteiger partial charge in [-0.3, -0.25) is 0 Å². The van der Waals surface area contributed by atoms with Crippen LogP contribution in [0.25, 0.3) is 0 Å². The van der Waals surface area contributed by atoms with Gasteiger partial charge >= 0.3 is 12.0 Å². The van der Waals surface area contributed by atoms with Crippen LogP contribution in [0.4, 0.5) is 16.2 Å². The fourth-order valence-electron chi connectivity index (χ4n) is 1.78. The Labute approximate surface area is 130 Å². The molecule has 2 amide bonds. The van der Waals surface area contributed by atoms with E-state index in [2.05, 4.69) is 26.6 Å². The monoisotopic (exact) mass is 348 g/mol. The standard InChI is InChI=1S/C15H13BrN2O3/c1-9-6-7-10(16)8-13(9)18-15(21)17-12-5-3-2-4-11(12)14(19)20/h2-8H,1H3,(H,19,20)(H2,17,18,21). The lowest BCUT2D eigenvalue weighted by molar-refractivity contribution is 0.0698. The highest BCUT2D eigenvalue weighted by Crippen LogP contribution is 2.21. The fraction of sp³-hybridized carbons (Fsp3) is 0.0667. The smallest absolute Gasteiger partial charge is 0.337 e. The van der Waals surface area contributed by atoms with Gasteiger partial charge in [0.15, 0.2) is 0 Å². The first-order valence-corrected chi connectivity index (χ1v) is 6.93. The largest absolute Gasteiger partial charge is 0.478 e. The highest BCUT2D eigenvalue weighted by molar-refractivity contribution is 9.10. The van der Waals surface area contributed by atoms with Gasteiger partial charge in [-0.05, 0) is 36.8 Å². The zero-order chi connectivity index (χ0) is 15.4. The number of hydrogen-bond acceptors (Lipinski definition) is 2. The molecule has 0 unspecified atom stereocenters. The molecule has 0 heterocycles. The minimum atomic E-state index is -1.09. The number of halogens is 1. The Bertz CT molecular complexity index is 701. The molecule has 0 aliphatic carbocycles. The van der Waals surface area contributed by atoms with Crippen molar-refractivity contribution in [2.75, 3.05) is 10.6 Å². The highest BCUT2D eigenvalue weighted by Gasteiger charge is 2.12. The van der Waals surface area contributed by atoms with Crippen LogP contribution in [0.3, 0.4) is 0 Å². The third-order valence-electron chi connectivity index (χ3n) is 2.85. The lowest BCUT2D eigenvalue weighted by Gasteiger charge is -2.11. The van der Waals surface area contributed by atoms with E-state index < -0.39 is 12.0 Å². The number of carboxylic acid groups (broad SMARTS) is 1. The van der Waals surface area contributed by atoms with Gasteiger partial charge in [0.05, 0.1) is 11.3 Å². The van der Waals surface area contributed by atoms with E-state index in [1.807, 2.05) is 19.1 Å². The molecule has 0 radical (unpaired) electrons. The fourth-order valence-corrected chi connectivity index (χ4v) is 2.14. The van der Waals surface area contributed by atoms with Crippen molar-refractivity contribution in [2.45, 2.75) is 6.92 Å². The minimum Gasteiger partial charge on any atom is -0.478 e. The van der Waals surface area contributed by atoms with Crippen LogP contribution in [-0.2, 0) is 0 Å². The molecule has 0 aromatic heterocycles. The first-order valence-electron chi connectivity index (χ1n) is 6.14. The van der Waals surface area contributed by atoms with Crippen molar-refractivity contribution in [3.05, 3.63) is 58.1 Å². The second-order valence-electron chi connectivity index (χ2n) is 4.39. The molecule has 0 saturated heterocycles. The molecule has 108 valence electrons. The van der Waals surface area contributed by atoms with Crippen LogP contribution in [-0.4, -0.2) is 17.1 Å². The molecule has 0 aliphatic heterocycles. The Hall–Kier alpha value is -2.34. The second-order valence-corrected chi connectivity index (χ2v) is 5.30. The molecule has 3 N–H and O–H groups in total. The second kappa shape index (κ2) is 6.41. The normalized spacial score (nSPS) is 10.0. The summed E-state index contributed by atoms with van der Waals surface area (Å²) in [5, 5.41) is 14.3. The number of carboxylic acids is 1. The first-order chi connectivity index (χ1) is 9.97. The quantitative estimate of drug-likeness (QED) is 0.781. The summed E-state index contributed by atoms with van der Waals surface area (Å²) in [5.74, 6) is -1.09. The molecule has 0 spiro atoms. The molecule has 21 heavy (non-hydrogen) atoms. The van der Waals surface area contributed by atoms with Crippen LogP contribution >= 0.6 is 15.9 Å². The van der Waals surface area contributed by atoms with Crippen molar-refractivity contribution in [1.29, 1.82) is 0 Å². The molecule has 0 saturated carbocycles. The Morgan fingerprint density at radius 1 is 1.05 bits per heavy atom. The number of carbonyl (C=O) groups is 2. The Morgan fingerprint density at radius 3 is 2.43 bits per heavy atom. The van der Waals surface area contributed by atoms with E-state index in [0.29, 0.717) is 5.69 Å². The van der Waals surface area contributed by atoms with Gasteiger partial charge in [-0.25, -0.2) is 9.59 Å². The Kier molecular flexibility index (Phi) is 4.59. The van der Waals surface area contributed by atoms with Gasteiger partial charge in [0.1, 0.15) is 0 Å². The molecule has 0 fully saturated rings. The molecule has 2 aromatic rings. The third kappa shape index (κ3) is 3.82. The average molecular weight is 349 g/mol. The maximum Gasteiger partial charge on any atom is 0.337 e. The summed E-state index contributed by atoms with van der Waals surface area (Å²) in [7, 11) is 0. The number of nitrogens with one attached hydrogen (secondary N) is 2. The molecule has 2 aromatic carbocycles. The third-order valence-corrected chi connectivity index (χ3v) is 3.35. The number of urea groups is 1. The minimum absolute atomic E-state index is 0.0404. The number of aryl methyl sites for hydroxylation is 1. The number of para-hydroxylation sites is 1. The Balaban J connectivity index is 2.16. The number of amides is 2. The molecular weight excluding hydrogens is 336 g/mol. The zero-order valence-corrected chi connectivity index (χ0v) is 12.8. The van der Waals surface area contributed by atoms with E-state index in [4.69, 9.17) is 5.11 Å². The van der Waals surface area contributed by atoms with Crippen molar-refractivity contribution in [1.82, 2.24) is 0 Å². The van der Waals surface area contributed by atoms with Gasteiger partial charge in [-0.1, -0.05) is 34.1 Å². The van der Waals surface area contributed by atoms with Gasteiger partial charge in [0.25, 0.3) is 0 Å². The summed E-state index contributed by atoms with van der Waals surface area (Å²) in [6.45, 7) is 1.87. The number of aromatic carboxylic acids is 1. The highest BCUT2D eigenvalue weighted by atomic mass is 79.9. The van der Waals surface area contributed by atoms with Gasteiger partial charge < -0.3 is 15.7 Å². The van der Waals surface area contributed by atoms with E-state index in [9.17, 15) is 9.59 Å². The van der Waals surface area contributed by atoms with Gasteiger partial charge in [0.2, 0.25) is 0 Å². The van der Waals surface area contributed by atoms with Crippen molar-refractivity contribution in [2.24, 2.45) is 0 Å². The summed E-state index contributed by atoms with van der Waals surface area (Å²) in [5.41, 5.74) is 1.84. The number of anilines is 2. The van der Waals surface area contributed by atoms with E-state index in [1.165, 1.54) is 12.1 Å². The van der Waals surface area contributed by atoms with Crippen LogP contribution < -0.4 is 10.6 Å². The Morgan fingerprint density at radius 2 is 1.71 bits per heavy atom. The van der Waals surface area contributed by atoms with Crippen molar-refractivity contribution < 1.29 is 14.7 Å². The number of rotatable bonds is 3. The first kappa shape index (κ1) is 15.1. The average Bonchev–Trinajstić information content (AvgIpc) is 2.43. The topological polar surface area (TPSA) is 78.4 Å². The van der Waals surface area contributed by atoms with Crippen molar-refractivity contribution in [3.8, 4) is 0 Å². The van der Waals surface area contributed by atoms with Crippen LogP contribution in [0.5, 0.6) is 0 Å². The predicted molar refractivity (Wildman–Crippen MR) is 84.9 cm³/mol. The van der Waals surface area contributed by atoms with E-state index in [-0.39, 0.29) is 11.3 Å². The van der Waals surface area contributed by atoms with Crippen LogP contribution in [0.1, 0.15) is 15.9 Å². The maximum atomic E-state index is 12.0. The molecule has 0 atom stereocenters. The zero-order valence-electron chi connectivity index (χ0n) is 11.2. The van der Waals surface area contributed by atoms with Gasteiger partial charge in [-0.15, -0.1) is 0 Å². The van der Waals surface area contributed by atoms with Gasteiger partial charge in [0, 0.05) is 10.2 Å². The number of carbonyl (C=O) groups excluding carboxylic acids is 1. The summed E-state index contributed by atoms with van der Waals surface area (Å²) >= 11 is 3.33. The summed E-state index contributed by atoms with van der Waals surface area (Å²) in [6, 6.07) is 11.3. The molecular formula is C15H13BrN2O3. The number of benzene rings is 2.